The van der Waals surface area contributed by atoms with Crippen molar-refractivity contribution in [2.24, 2.45) is 0 Å². The molecule has 0 heterocycles. The molecule has 0 saturated carbocycles. The lowest BCUT2D eigenvalue weighted by Gasteiger charge is -2.24. The van der Waals surface area contributed by atoms with Gasteiger partial charge in [0.15, 0.2) is 0 Å². The molecule has 0 unspecified atom stereocenters. The van der Waals surface area contributed by atoms with Gasteiger partial charge in [-0.3, -0.25) is 4.79 Å². The number of halogens is 1. The molecule has 1 N–H and O–H groups in total. The second kappa shape index (κ2) is 9.04. The molecule has 29 heavy (non-hydrogen) atoms. The summed E-state index contributed by atoms with van der Waals surface area (Å²) in [5.74, 6) is 0.0666. The molecular weight excluding hydrogens is 384 g/mol. The molecule has 1 aliphatic carbocycles. The zero-order valence-electron chi connectivity index (χ0n) is 17.4. The van der Waals surface area contributed by atoms with Crippen molar-refractivity contribution in [1.82, 2.24) is 0 Å². The topological polar surface area (TPSA) is 46.5 Å². The molecule has 4 heteroatoms. The molecule has 0 aromatic heterocycles. The van der Waals surface area contributed by atoms with Gasteiger partial charge in [-0.2, -0.15) is 0 Å². The van der Waals surface area contributed by atoms with E-state index in [1.165, 1.54) is 16.7 Å². The maximum absolute atomic E-state index is 11.0. The third-order valence-corrected chi connectivity index (χ3v) is 5.69. The number of aryl methyl sites for hydroxylation is 1. The van der Waals surface area contributed by atoms with Crippen LogP contribution in [-0.4, -0.2) is 17.7 Å². The fraction of sp³-hybridized carbons (Fsp3) is 0.400. The van der Waals surface area contributed by atoms with Gasteiger partial charge in [0.05, 0.1) is 0 Å². The highest BCUT2D eigenvalue weighted by Crippen LogP contribution is 2.35. The number of carboxylic acids is 1. The van der Waals surface area contributed by atoms with E-state index in [2.05, 4.69) is 39.0 Å². The smallest absolute Gasteiger partial charge is 0.303 e. The first-order valence-electron chi connectivity index (χ1n) is 10.2. The lowest BCUT2D eigenvalue weighted by atomic mass is 9.82. The third-order valence-electron chi connectivity index (χ3n) is 5.44. The minimum absolute atomic E-state index is 0.0751. The van der Waals surface area contributed by atoms with Gasteiger partial charge in [-0.1, -0.05) is 50.6 Å². The Balaban J connectivity index is 1.78. The van der Waals surface area contributed by atoms with Crippen molar-refractivity contribution in [1.29, 1.82) is 0 Å². The van der Waals surface area contributed by atoms with Gasteiger partial charge in [0.1, 0.15) is 12.4 Å². The summed E-state index contributed by atoms with van der Waals surface area (Å²) < 4.78 is 6.18. The predicted molar refractivity (Wildman–Crippen MR) is 119 cm³/mol. The number of benzene rings is 2. The highest BCUT2D eigenvalue weighted by atomic mass is 35.5. The Kier molecular flexibility index (Phi) is 6.69. The van der Waals surface area contributed by atoms with Crippen LogP contribution in [0.5, 0.6) is 5.75 Å². The van der Waals surface area contributed by atoms with E-state index in [9.17, 15) is 4.79 Å². The quantitative estimate of drug-likeness (QED) is 0.552. The van der Waals surface area contributed by atoms with E-state index in [-0.39, 0.29) is 11.8 Å². The van der Waals surface area contributed by atoms with Crippen molar-refractivity contribution in [3.63, 3.8) is 0 Å². The lowest BCUT2D eigenvalue weighted by Crippen LogP contribution is -2.15. The van der Waals surface area contributed by atoms with Crippen molar-refractivity contribution in [2.45, 2.75) is 58.3 Å². The number of allylic oxidation sites excluding steroid dienone is 1. The van der Waals surface area contributed by atoms with Crippen LogP contribution in [0.1, 0.15) is 63.1 Å². The number of carbonyl (C=O) groups is 1. The number of carboxylic acid groups (broad SMARTS) is 1. The number of aliphatic carboxylic acids is 1. The normalized spacial score (nSPS) is 14.3. The summed E-state index contributed by atoms with van der Waals surface area (Å²) in [6.45, 7) is 7.02. The van der Waals surface area contributed by atoms with Crippen molar-refractivity contribution in [3.05, 3.63) is 69.8 Å². The Bertz CT molecular complexity index is 905. The Hall–Kier alpha value is -2.26. The first-order chi connectivity index (χ1) is 13.7. The van der Waals surface area contributed by atoms with Crippen molar-refractivity contribution in [3.8, 4) is 5.75 Å². The van der Waals surface area contributed by atoms with Gasteiger partial charge in [0.25, 0.3) is 0 Å². The van der Waals surface area contributed by atoms with Gasteiger partial charge in [0, 0.05) is 11.4 Å². The second-order valence-corrected chi connectivity index (χ2v) is 9.13. The van der Waals surface area contributed by atoms with Crippen LogP contribution in [-0.2, 0) is 16.6 Å². The molecule has 0 bridgehead atoms. The van der Waals surface area contributed by atoms with Gasteiger partial charge in [0.2, 0.25) is 0 Å². The molecule has 2 aromatic rings. The molecule has 0 saturated heterocycles. The molecule has 154 valence electrons. The maximum Gasteiger partial charge on any atom is 0.303 e. The van der Waals surface area contributed by atoms with Crippen LogP contribution in [0.4, 0.5) is 0 Å². The summed E-state index contributed by atoms with van der Waals surface area (Å²) >= 11 is 6.03. The number of ether oxygens (including phenoxy) is 1. The first-order valence-corrected chi connectivity index (χ1v) is 10.6. The Morgan fingerprint density at radius 2 is 1.83 bits per heavy atom. The fourth-order valence-corrected chi connectivity index (χ4v) is 4.06. The molecule has 3 rings (SSSR count). The highest BCUT2D eigenvalue weighted by molar-refractivity contribution is 6.30. The van der Waals surface area contributed by atoms with E-state index < -0.39 is 5.97 Å². The van der Waals surface area contributed by atoms with Crippen molar-refractivity contribution >= 4 is 23.1 Å². The van der Waals surface area contributed by atoms with Gasteiger partial charge in [-0.15, -0.1) is 0 Å². The Labute approximate surface area is 178 Å². The van der Waals surface area contributed by atoms with E-state index in [0.29, 0.717) is 13.0 Å². The summed E-state index contributed by atoms with van der Waals surface area (Å²) in [7, 11) is 0. The van der Waals surface area contributed by atoms with Gasteiger partial charge < -0.3 is 9.84 Å². The van der Waals surface area contributed by atoms with E-state index in [4.69, 9.17) is 21.4 Å². The van der Waals surface area contributed by atoms with Gasteiger partial charge in [-0.25, -0.2) is 0 Å². The molecule has 1 aliphatic rings. The van der Waals surface area contributed by atoms with Crippen molar-refractivity contribution in [2.75, 3.05) is 6.61 Å². The zero-order chi connectivity index (χ0) is 21.0. The Morgan fingerprint density at radius 1 is 1.10 bits per heavy atom. The maximum atomic E-state index is 11.0. The first kappa shape index (κ1) is 21.4. The summed E-state index contributed by atoms with van der Waals surface area (Å²) in [6, 6.07) is 14.1. The van der Waals surface area contributed by atoms with Crippen LogP contribution >= 0.6 is 11.6 Å². The molecule has 0 atom stereocenters. The van der Waals surface area contributed by atoms with Gasteiger partial charge >= 0.3 is 5.97 Å². The van der Waals surface area contributed by atoms with Gasteiger partial charge in [-0.05, 0) is 83.2 Å². The van der Waals surface area contributed by atoms with E-state index >= 15 is 0 Å². The van der Waals surface area contributed by atoms with Crippen LogP contribution in [0.15, 0.2) is 48.0 Å². The fourth-order valence-electron chi connectivity index (χ4n) is 3.94. The average Bonchev–Trinajstić information content (AvgIpc) is 3.13. The third kappa shape index (κ3) is 5.63. The molecule has 0 aliphatic heterocycles. The number of rotatable bonds is 7. The second-order valence-electron chi connectivity index (χ2n) is 8.69. The molecule has 0 radical (unpaired) electrons. The summed E-state index contributed by atoms with van der Waals surface area (Å²) in [5.41, 5.74) is 6.10. The molecule has 3 nitrogen and oxygen atoms in total. The Morgan fingerprint density at radius 3 is 2.48 bits per heavy atom. The van der Waals surface area contributed by atoms with E-state index in [1.54, 1.807) is 0 Å². The average molecular weight is 413 g/mol. The lowest BCUT2D eigenvalue weighted by molar-refractivity contribution is -0.136. The SMILES string of the molecule is CC(C)(C)c1cc(OCC2=C(c3ccc(Cl)cc3)CCC2)ccc1CCC(=O)O. The van der Waals surface area contributed by atoms with E-state index in [1.807, 2.05) is 24.3 Å². The zero-order valence-corrected chi connectivity index (χ0v) is 18.2. The highest BCUT2D eigenvalue weighted by Gasteiger charge is 2.20. The number of hydrogen-bond donors (Lipinski definition) is 1. The number of hydrogen-bond acceptors (Lipinski definition) is 2. The molecule has 0 amide bonds. The monoisotopic (exact) mass is 412 g/mol. The summed E-state index contributed by atoms with van der Waals surface area (Å²) in [6.07, 6.45) is 3.95. The summed E-state index contributed by atoms with van der Waals surface area (Å²) in [5, 5.41) is 9.78. The van der Waals surface area contributed by atoms with Crippen LogP contribution < -0.4 is 4.74 Å². The van der Waals surface area contributed by atoms with Crippen molar-refractivity contribution < 1.29 is 14.6 Å². The van der Waals surface area contributed by atoms with Crippen LogP contribution in [0.25, 0.3) is 5.57 Å². The van der Waals surface area contributed by atoms with Crippen LogP contribution in [0, 0.1) is 0 Å². The van der Waals surface area contributed by atoms with E-state index in [0.717, 1.165) is 41.2 Å². The standard InChI is InChI=1S/C25H29ClO3/c1-25(2,3)23-15-21(13-9-18(23)10-14-24(27)28)29-16-19-5-4-6-22(19)17-7-11-20(26)12-8-17/h7-9,11-13,15H,4-6,10,14,16H2,1-3H3,(H,27,28). The molecule has 0 fully saturated rings. The largest absolute Gasteiger partial charge is 0.489 e. The minimum Gasteiger partial charge on any atom is -0.489 e. The molecule has 0 spiro atoms. The minimum atomic E-state index is -0.770. The van der Waals surface area contributed by atoms with Crippen LogP contribution in [0.3, 0.4) is 0 Å². The molecule has 2 aromatic carbocycles. The summed E-state index contributed by atoms with van der Waals surface area (Å²) in [4.78, 5) is 11.0. The molecular formula is C25H29ClO3. The predicted octanol–water partition coefficient (Wildman–Crippen LogP) is 6.67. The van der Waals surface area contributed by atoms with Crippen LogP contribution in [0.2, 0.25) is 5.02 Å².